The molecule has 11 heteroatoms. The third kappa shape index (κ3) is 5.37. The van der Waals surface area contributed by atoms with Gasteiger partial charge < -0.3 is 19.5 Å². The number of carbonyl (C=O) groups excluding carboxylic acids is 1. The Morgan fingerprint density at radius 2 is 1.64 bits per heavy atom. The van der Waals surface area contributed by atoms with Crippen LogP contribution in [0.1, 0.15) is 102 Å². The SMILES string of the molecule is CC1(c2nc(C(F)(F)F)ccc2C2=NC3(CCN(c4cc(B5OC(C)(C)C(C)(C)O5)ccc4CC4CC4)CC3)C(=O)N2)CCC1. The third-order valence-corrected chi connectivity index (χ3v) is 11.2. The van der Waals surface area contributed by atoms with Gasteiger partial charge in [-0.05, 0) is 108 Å². The number of alkyl halides is 3. The molecule has 2 saturated heterocycles. The fourth-order valence-electron chi connectivity index (χ4n) is 7.12. The van der Waals surface area contributed by atoms with Gasteiger partial charge in [0.2, 0.25) is 0 Å². The zero-order chi connectivity index (χ0) is 32.0. The van der Waals surface area contributed by atoms with Gasteiger partial charge in [-0.25, -0.2) is 4.98 Å². The number of benzene rings is 1. The molecule has 45 heavy (non-hydrogen) atoms. The number of aromatic nitrogens is 1. The zero-order valence-electron chi connectivity index (χ0n) is 26.8. The highest BCUT2D eigenvalue weighted by Crippen LogP contribution is 2.46. The number of piperidine rings is 1. The Kier molecular flexibility index (Phi) is 7.03. The predicted molar refractivity (Wildman–Crippen MR) is 168 cm³/mol. The van der Waals surface area contributed by atoms with Crippen LogP contribution in [0.5, 0.6) is 0 Å². The monoisotopic (exact) mass is 622 g/mol. The number of amidine groups is 1. The summed E-state index contributed by atoms with van der Waals surface area (Å²) in [7, 11) is -0.461. The molecule has 0 unspecified atom stereocenters. The highest BCUT2D eigenvalue weighted by Gasteiger charge is 2.52. The maximum atomic E-state index is 13.6. The summed E-state index contributed by atoms with van der Waals surface area (Å²) in [5.74, 6) is 0.861. The average molecular weight is 623 g/mol. The number of nitrogens with zero attached hydrogens (tertiary/aromatic N) is 3. The minimum atomic E-state index is -4.54. The van der Waals surface area contributed by atoms with Gasteiger partial charge in [0.15, 0.2) is 0 Å². The lowest BCUT2D eigenvalue weighted by Crippen LogP contribution is -2.49. The minimum absolute atomic E-state index is 0.189. The standard InChI is InChI=1S/C34H42BF3N4O3/c1-30(2)31(3,4)45-35(44-30)23-10-9-22(19-21-7-8-21)25(20-23)42-17-15-33(16-18-42)29(43)40-28(41-33)24-11-12-26(34(36,37)38)39-27(24)32(5)13-6-14-32/h9-12,20-21H,6-8,13-19H2,1-5H3,(H,40,41,43). The van der Waals surface area contributed by atoms with E-state index in [0.717, 1.165) is 42.9 Å². The van der Waals surface area contributed by atoms with Gasteiger partial charge in [-0.2, -0.15) is 13.2 Å². The molecule has 2 aromatic rings. The molecule has 2 saturated carbocycles. The quantitative estimate of drug-likeness (QED) is 0.418. The van der Waals surface area contributed by atoms with Gasteiger partial charge in [0.1, 0.15) is 17.1 Å². The molecule has 4 heterocycles. The summed E-state index contributed by atoms with van der Waals surface area (Å²) >= 11 is 0. The van der Waals surface area contributed by atoms with Crippen molar-refractivity contribution < 1.29 is 27.3 Å². The summed E-state index contributed by atoms with van der Waals surface area (Å²) in [5, 5.41) is 2.95. The second-order valence-corrected chi connectivity index (χ2v) is 15.1. The molecule has 5 aliphatic rings. The highest BCUT2D eigenvalue weighted by atomic mass is 19.4. The van der Waals surface area contributed by atoms with E-state index in [-0.39, 0.29) is 5.91 Å². The van der Waals surface area contributed by atoms with E-state index in [4.69, 9.17) is 14.3 Å². The highest BCUT2D eigenvalue weighted by molar-refractivity contribution is 6.62. The number of halogens is 3. The summed E-state index contributed by atoms with van der Waals surface area (Å²) in [5.41, 5.74) is 1.09. The molecule has 1 aromatic carbocycles. The van der Waals surface area contributed by atoms with Gasteiger partial charge in [-0.15, -0.1) is 0 Å². The molecule has 1 aromatic heterocycles. The molecule has 240 valence electrons. The second-order valence-electron chi connectivity index (χ2n) is 15.1. The Morgan fingerprint density at radius 3 is 2.22 bits per heavy atom. The Bertz CT molecular complexity index is 1540. The van der Waals surface area contributed by atoms with Crippen molar-refractivity contribution in [1.29, 1.82) is 0 Å². The first-order valence-corrected chi connectivity index (χ1v) is 16.3. The van der Waals surface area contributed by atoms with Crippen LogP contribution < -0.4 is 15.7 Å². The van der Waals surface area contributed by atoms with Crippen molar-refractivity contribution in [2.45, 2.75) is 114 Å². The van der Waals surface area contributed by atoms with E-state index in [0.29, 0.717) is 48.9 Å². The van der Waals surface area contributed by atoms with E-state index in [9.17, 15) is 18.0 Å². The van der Waals surface area contributed by atoms with E-state index >= 15 is 0 Å². The van der Waals surface area contributed by atoms with E-state index in [2.05, 4.69) is 61.1 Å². The van der Waals surface area contributed by atoms with Crippen LogP contribution in [0.15, 0.2) is 35.3 Å². The number of hydrogen-bond acceptors (Lipinski definition) is 6. The van der Waals surface area contributed by atoms with Crippen molar-refractivity contribution >= 4 is 30.0 Å². The molecule has 2 aliphatic carbocycles. The molecule has 0 radical (unpaired) electrons. The molecule has 0 bridgehead atoms. The van der Waals surface area contributed by atoms with Crippen LogP contribution in [-0.2, 0) is 32.1 Å². The number of amides is 1. The lowest BCUT2D eigenvalue weighted by Gasteiger charge is -2.39. The summed E-state index contributed by atoms with van der Waals surface area (Å²) in [4.78, 5) is 24.9. The average Bonchev–Trinajstić information content (AvgIpc) is 3.68. The van der Waals surface area contributed by atoms with E-state index < -0.39 is 41.1 Å². The van der Waals surface area contributed by atoms with Crippen LogP contribution in [0.2, 0.25) is 0 Å². The number of aliphatic imine (C=N–C) groups is 1. The predicted octanol–water partition coefficient (Wildman–Crippen LogP) is 5.71. The Labute approximate surface area is 263 Å². The van der Waals surface area contributed by atoms with E-state index in [1.165, 1.54) is 24.5 Å². The smallest absolute Gasteiger partial charge is 0.399 e. The molecule has 1 amide bonds. The van der Waals surface area contributed by atoms with Crippen molar-refractivity contribution in [3.8, 4) is 0 Å². The zero-order valence-corrected chi connectivity index (χ0v) is 26.8. The molecule has 3 aliphatic heterocycles. The molecule has 7 nitrogen and oxygen atoms in total. The van der Waals surface area contributed by atoms with Gasteiger partial charge in [-0.3, -0.25) is 9.79 Å². The first-order chi connectivity index (χ1) is 21.1. The largest absolute Gasteiger partial charge is 0.494 e. The lowest BCUT2D eigenvalue weighted by molar-refractivity contribution is -0.141. The van der Waals surface area contributed by atoms with Gasteiger partial charge in [0, 0.05) is 29.8 Å². The van der Waals surface area contributed by atoms with Crippen molar-refractivity contribution in [2.75, 3.05) is 18.0 Å². The van der Waals surface area contributed by atoms with E-state index in [1.807, 2.05) is 6.92 Å². The minimum Gasteiger partial charge on any atom is -0.399 e. The summed E-state index contributed by atoms with van der Waals surface area (Å²) in [6, 6.07) is 8.96. The summed E-state index contributed by atoms with van der Waals surface area (Å²) < 4.78 is 53.6. The molecule has 7 rings (SSSR count). The van der Waals surface area contributed by atoms with Gasteiger partial charge >= 0.3 is 13.3 Å². The number of rotatable bonds is 6. The fourth-order valence-corrected chi connectivity index (χ4v) is 7.12. The van der Waals surface area contributed by atoms with E-state index in [1.54, 1.807) is 0 Å². The number of anilines is 1. The Hall–Kier alpha value is -2.92. The maximum absolute atomic E-state index is 13.6. The number of pyridine rings is 1. The molecule has 0 atom stereocenters. The Morgan fingerprint density at radius 1 is 0.978 bits per heavy atom. The molecular formula is C34H42BF3N4O3. The fraction of sp³-hybridized carbons (Fsp3) is 0.618. The van der Waals surface area contributed by atoms with Crippen LogP contribution in [0.3, 0.4) is 0 Å². The number of hydrogen-bond donors (Lipinski definition) is 1. The lowest BCUT2D eigenvalue weighted by atomic mass is 9.67. The van der Waals surface area contributed by atoms with Crippen LogP contribution >= 0.6 is 0 Å². The molecule has 1 spiro atoms. The van der Waals surface area contributed by atoms with Crippen molar-refractivity contribution in [1.82, 2.24) is 10.3 Å². The third-order valence-electron chi connectivity index (χ3n) is 11.2. The second kappa shape index (κ2) is 10.3. The van der Waals surface area contributed by atoms with Crippen molar-refractivity contribution in [3.63, 3.8) is 0 Å². The molecule has 1 N–H and O–H groups in total. The maximum Gasteiger partial charge on any atom is 0.494 e. The Balaban J connectivity index is 1.15. The van der Waals surface area contributed by atoms with Crippen LogP contribution in [0.4, 0.5) is 18.9 Å². The number of nitrogens with one attached hydrogen (secondary N) is 1. The van der Waals surface area contributed by atoms with Crippen molar-refractivity contribution in [3.05, 3.63) is 52.8 Å². The van der Waals surface area contributed by atoms with Crippen LogP contribution in [0.25, 0.3) is 0 Å². The topological polar surface area (TPSA) is 76.1 Å². The first kappa shape index (κ1) is 30.7. The van der Waals surface area contributed by atoms with Crippen LogP contribution in [0, 0.1) is 5.92 Å². The first-order valence-electron chi connectivity index (χ1n) is 16.3. The summed E-state index contributed by atoms with van der Waals surface area (Å²) in [6.45, 7) is 11.4. The number of carbonyl (C=O) groups is 1. The van der Waals surface area contributed by atoms with Gasteiger partial charge in [0.25, 0.3) is 5.91 Å². The van der Waals surface area contributed by atoms with Gasteiger partial charge in [-0.1, -0.05) is 25.5 Å². The van der Waals surface area contributed by atoms with Crippen molar-refractivity contribution in [2.24, 2.45) is 10.9 Å². The normalized spacial score (nSPS) is 24.9. The summed E-state index contributed by atoms with van der Waals surface area (Å²) in [6.07, 6.45) is 2.43. The van der Waals surface area contributed by atoms with Gasteiger partial charge in [0.05, 0.1) is 16.9 Å². The van der Waals surface area contributed by atoms with Crippen LogP contribution in [-0.4, -0.2) is 53.7 Å². The molecular weight excluding hydrogens is 580 g/mol. The molecule has 4 fully saturated rings.